The molecule has 3 rings (SSSR count). The van der Waals surface area contributed by atoms with Crippen molar-refractivity contribution in [3.63, 3.8) is 0 Å². The Bertz CT molecular complexity index is 742. The van der Waals surface area contributed by atoms with Crippen LogP contribution < -0.4 is 5.32 Å². The smallest absolute Gasteiger partial charge is 0.244 e. The van der Waals surface area contributed by atoms with E-state index in [1.165, 1.54) is 5.56 Å². The Morgan fingerprint density at radius 2 is 1.81 bits per heavy atom. The van der Waals surface area contributed by atoms with Crippen LogP contribution in [0.3, 0.4) is 0 Å². The molecule has 1 saturated heterocycles. The van der Waals surface area contributed by atoms with E-state index in [1.807, 2.05) is 43.0 Å². The van der Waals surface area contributed by atoms with Crippen LogP contribution in [-0.4, -0.2) is 47.9 Å². The van der Waals surface area contributed by atoms with Crippen molar-refractivity contribution in [2.75, 3.05) is 31.5 Å². The quantitative estimate of drug-likeness (QED) is 0.868. The molecule has 0 saturated carbocycles. The topological polar surface area (TPSA) is 35.6 Å². The number of halogens is 1. The summed E-state index contributed by atoms with van der Waals surface area (Å²) in [4.78, 5) is 17.1. The summed E-state index contributed by atoms with van der Waals surface area (Å²) in [6.07, 6.45) is 0. The first-order valence-electron chi connectivity index (χ1n) is 9.10. The van der Waals surface area contributed by atoms with E-state index in [4.69, 9.17) is 11.6 Å². The zero-order chi connectivity index (χ0) is 18.5. The third-order valence-electron chi connectivity index (χ3n) is 4.86. The highest BCUT2D eigenvalue weighted by atomic mass is 35.5. The summed E-state index contributed by atoms with van der Waals surface area (Å²) in [5.41, 5.74) is 3.23. The van der Waals surface area contributed by atoms with Gasteiger partial charge in [0.05, 0.1) is 0 Å². The maximum Gasteiger partial charge on any atom is 0.244 e. The number of rotatable bonds is 5. The highest BCUT2D eigenvalue weighted by Gasteiger charge is 2.24. The second kappa shape index (κ2) is 8.56. The van der Waals surface area contributed by atoms with Gasteiger partial charge in [-0.25, -0.2) is 0 Å². The van der Waals surface area contributed by atoms with E-state index in [0.717, 1.165) is 44.0 Å². The van der Waals surface area contributed by atoms with Crippen LogP contribution in [0.5, 0.6) is 0 Å². The molecule has 1 amide bonds. The molecule has 0 aliphatic carbocycles. The van der Waals surface area contributed by atoms with Gasteiger partial charge in [0.15, 0.2) is 0 Å². The second-order valence-electron chi connectivity index (χ2n) is 6.92. The number of nitrogens with zero attached hydrogens (tertiary/aromatic N) is 2. The molecule has 2 aromatic rings. The summed E-state index contributed by atoms with van der Waals surface area (Å²) in [7, 11) is 0. The lowest BCUT2D eigenvalue weighted by Gasteiger charge is -2.36. The van der Waals surface area contributed by atoms with Crippen LogP contribution in [0, 0.1) is 6.92 Å². The van der Waals surface area contributed by atoms with Crippen molar-refractivity contribution in [3.05, 3.63) is 64.7 Å². The fraction of sp³-hybridized carbons (Fsp3) is 0.381. The van der Waals surface area contributed by atoms with Crippen LogP contribution in [-0.2, 0) is 11.3 Å². The standard InChI is InChI=1S/C21H26ClN3O/c1-16-8-9-19(14-20(16)22)23-17(2)21(26)25-12-10-24(11-13-25)15-18-6-4-3-5-7-18/h3-9,14,17,23H,10-13,15H2,1-2H3/t17-/m0/s1. The fourth-order valence-electron chi connectivity index (χ4n) is 3.24. The molecule has 1 aliphatic rings. The predicted molar refractivity (Wildman–Crippen MR) is 108 cm³/mol. The number of anilines is 1. The van der Waals surface area contributed by atoms with Gasteiger partial charge in [-0.15, -0.1) is 0 Å². The molecule has 0 aromatic heterocycles. The van der Waals surface area contributed by atoms with Gasteiger partial charge in [0.1, 0.15) is 6.04 Å². The highest BCUT2D eigenvalue weighted by Crippen LogP contribution is 2.21. The SMILES string of the molecule is Cc1ccc(N[C@@H](C)C(=O)N2CCN(Cc3ccccc3)CC2)cc1Cl. The van der Waals surface area contributed by atoms with Gasteiger partial charge in [0, 0.05) is 43.4 Å². The molecule has 4 nitrogen and oxygen atoms in total. The van der Waals surface area contributed by atoms with Crippen molar-refractivity contribution in [2.45, 2.75) is 26.4 Å². The van der Waals surface area contributed by atoms with E-state index in [1.54, 1.807) is 0 Å². The van der Waals surface area contributed by atoms with E-state index >= 15 is 0 Å². The third kappa shape index (κ3) is 4.77. The number of carbonyl (C=O) groups excluding carboxylic acids is 1. The summed E-state index contributed by atoms with van der Waals surface area (Å²) in [6, 6.07) is 16.0. The summed E-state index contributed by atoms with van der Waals surface area (Å²) in [6.45, 7) is 8.17. The van der Waals surface area contributed by atoms with Gasteiger partial charge in [0.25, 0.3) is 0 Å². The number of hydrogen-bond acceptors (Lipinski definition) is 3. The van der Waals surface area contributed by atoms with Crippen molar-refractivity contribution < 1.29 is 4.79 Å². The van der Waals surface area contributed by atoms with Crippen LogP contribution >= 0.6 is 11.6 Å². The molecule has 138 valence electrons. The van der Waals surface area contributed by atoms with Gasteiger partial charge < -0.3 is 10.2 Å². The molecule has 1 aliphatic heterocycles. The molecule has 0 bridgehead atoms. The maximum atomic E-state index is 12.7. The van der Waals surface area contributed by atoms with Crippen molar-refractivity contribution in [1.29, 1.82) is 0 Å². The summed E-state index contributed by atoms with van der Waals surface area (Å²) >= 11 is 6.17. The van der Waals surface area contributed by atoms with E-state index in [2.05, 4.69) is 34.5 Å². The molecule has 0 radical (unpaired) electrons. The molecule has 2 aromatic carbocycles. The molecule has 1 fully saturated rings. The minimum atomic E-state index is -0.269. The number of piperazine rings is 1. The van der Waals surface area contributed by atoms with Gasteiger partial charge in [-0.1, -0.05) is 48.0 Å². The summed E-state index contributed by atoms with van der Waals surface area (Å²) in [5, 5.41) is 3.98. The third-order valence-corrected chi connectivity index (χ3v) is 5.27. The van der Waals surface area contributed by atoms with Gasteiger partial charge in [-0.3, -0.25) is 9.69 Å². The summed E-state index contributed by atoms with van der Waals surface area (Å²) in [5.74, 6) is 0.140. The van der Waals surface area contributed by atoms with E-state index in [0.29, 0.717) is 5.02 Å². The number of aryl methyl sites for hydroxylation is 1. The van der Waals surface area contributed by atoms with Crippen molar-refractivity contribution >= 4 is 23.2 Å². The van der Waals surface area contributed by atoms with Gasteiger partial charge >= 0.3 is 0 Å². The Balaban J connectivity index is 1.50. The Kier molecular flexibility index (Phi) is 6.17. The number of benzene rings is 2. The number of carbonyl (C=O) groups is 1. The first kappa shape index (κ1) is 18.7. The average Bonchev–Trinajstić information content (AvgIpc) is 2.65. The monoisotopic (exact) mass is 371 g/mol. The minimum Gasteiger partial charge on any atom is -0.374 e. The molecule has 26 heavy (non-hydrogen) atoms. The second-order valence-corrected chi connectivity index (χ2v) is 7.32. The normalized spacial score (nSPS) is 16.3. The number of hydrogen-bond donors (Lipinski definition) is 1. The molecule has 0 unspecified atom stereocenters. The minimum absolute atomic E-state index is 0.140. The average molecular weight is 372 g/mol. The fourth-order valence-corrected chi connectivity index (χ4v) is 3.42. The maximum absolute atomic E-state index is 12.7. The van der Waals surface area contributed by atoms with Gasteiger partial charge in [0.2, 0.25) is 5.91 Å². The molecule has 1 N–H and O–H groups in total. The lowest BCUT2D eigenvalue weighted by molar-refractivity contribution is -0.133. The largest absolute Gasteiger partial charge is 0.374 e. The van der Waals surface area contributed by atoms with Crippen molar-refractivity contribution in [1.82, 2.24) is 9.80 Å². The van der Waals surface area contributed by atoms with Gasteiger partial charge in [-0.2, -0.15) is 0 Å². The van der Waals surface area contributed by atoms with E-state index < -0.39 is 0 Å². The Labute approximate surface area is 160 Å². The van der Waals surface area contributed by atoms with Crippen molar-refractivity contribution in [2.24, 2.45) is 0 Å². The van der Waals surface area contributed by atoms with Crippen LogP contribution in [0.4, 0.5) is 5.69 Å². The van der Waals surface area contributed by atoms with Crippen LogP contribution in [0.2, 0.25) is 5.02 Å². The molecule has 1 heterocycles. The Morgan fingerprint density at radius 3 is 2.46 bits per heavy atom. The van der Waals surface area contributed by atoms with Crippen molar-refractivity contribution in [3.8, 4) is 0 Å². The predicted octanol–water partition coefficient (Wildman–Crippen LogP) is 3.79. The highest BCUT2D eigenvalue weighted by molar-refractivity contribution is 6.31. The zero-order valence-electron chi connectivity index (χ0n) is 15.4. The number of nitrogens with one attached hydrogen (secondary N) is 1. The molecule has 0 spiro atoms. The molecule has 5 heteroatoms. The van der Waals surface area contributed by atoms with E-state index in [-0.39, 0.29) is 11.9 Å². The molecular formula is C21H26ClN3O. The first-order chi connectivity index (χ1) is 12.5. The number of amides is 1. The van der Waals surface area contributed by atoms with E-state index in [9.17, 15) is 4.79 Å². The van der Waals surface area contributed by atoms with Crippen LogP contribution in [0.1, 0.15) is 18.1 Å². The van der Waals surface area contributed by atoms with Crippen LogP contribution in [0.15, 0.2) is 48.5 Å². The van der Waals surface area contributed by atoms with Gasteiger partial charge in [-0.05, 0) is 37.1 Å². The molecule has 1 atom stereocenters. The first-order valence-corrected chi connectivity index (χ1v) is 9.48. The summed E-state index contributed by atoms with van der Waals surface area (Å²) < 4.78 is 0. The zero-order valence-corrected chi connectivity index (χ0v) is 16.2. The lowest BCUT2D eigenvalue weighted by atomic mass is 10.1. The lowest BCUT2D eigenvalue weighted by Crippen LogP contribution is -2.51. The molecular weight excluding hydrogens is 346 g/mol. The Morgan fingerprint density at radius 1 is 1.12 bits per heavy atom. The Hall–Kier alpha value is -2.04. The van der Waals surface area contributed by atoms with Crippen LogP contribution in [0.25, 0.3) is 0 Å².